The van der Waals surface area contributed by atoms with E-state index in [1.165, 1.54) is 12.8 Å². The molecule has 6 nitrogen and oxygen atoms in total. The number of aromatic nitrogens is 2. The molecule has 2 aliphatic heterocycles. The molecule has 3 aliphatic rings. The molecule has 1 aromatic heterocycles. The Kier molecular flexibility index (Phi) is 4.91. The van der Waals surface area contributed by atoms with Gasteiger partial charge in [0.15, 0.2) is 0 Å². The van der Waals surface area contributed by atoms with E-state index in [9.17, 15) is 9.59 Å². The van der Waals surface area contributed by atoms with Gasteiger partial charge in [-0.2, -0.15) is 0 Å². The summed E-state index contributed by atoms with van der Waals surface area (Å²) in [5.74, 6) is 2.05. The number of piperidine rings is 2. The average Bonchev–Trinajstić information content (AvgIpc) is 3.49. The normalized spacial score (nSPS) is 26.1. The van der Waals surface area contributed by atoms with Crippen LogP contribution >= 0.6 is 0 Å². The van der Waals surface area contributed by atoms with Gasteiger partial charge < -0.3 is 9.80 Å². The van der Waals surface area contributed by atoms with E-state index in [1.807, 2.05) is 18.7 Å². The largest absolute Gasteiger partial charge is 0.342 e. The number of hydrogen-bond donors (Lipinski definition) is 0. The van der Waals surface area contributed by atoms with E-state index in [1.54, 1.807) is 12.4 Å². The highest BCUT2D eigenvalue weighted by molar-refractivity contribution is 5.93. The minimum Gasteiger partial charge on any atom is -0.342 e. The van der Waals surface area contributed by atoms with Gasteiger partial charge in [0.2, 0.25) is 5.91 Å². The van der Waals surface area contributed by atoms with Gasteiger partial charge in [0.25, 0.3) is 5.91 Å². The summed E-state index contributed by atoms with van der Waals surface area (Å²) in [4.78, 5) is 38.1. The highest BCUT2D eigenvalue weighted by Gasteiger charge is 2.43. The molecule has 1 saturated carbocycles. The molecule has 0 radical (unpaired) electrons. The second-order valence-electron chi connectivity index (χ2n) is 9.03. The van der Waals surface area contributed by atoms with E-state index < -0.39 is 0 Å². The molecular weight excluding hydrogens is 340 g/mol. The second-order valence-corrected chi connectivity index (χ2v) is 9.03. The van der Waals surface area contributed by atoms with E-state index in [0.29, 0.717) is 23.8 Å². The van der Waals surface area contributed by atoms with Gasteiger partial charge in [0, 0.05) is 56.3 Å². The second kappa shape index (κ2) is 7.21. The van der Waals surface area contributed by atoms with E-state index in [2.05, 4.69) is 14.9 Å². The Labute approximate surface area is 161 Å². The Morgan fingerprint density at radius 1 is 1.22 bits per heavy atom. The third kappa shape index (κ3) is 3.99. The van der Waals surface area contributed by atoms with Crippen molar-refractivity contribution in [2.45, 2.75) is 58.3 Å². The molecule has 4 rings (SSSR count). The Balaban J connectivity index is 1.45. The van der Waals surface area contributed by atoms with Crippen LogP contribution in [0.4, 0.5) is 0 Å². The Morgan fingerprint density at radius 2 is 1.96 bits per heavy atom. The fourth-order valence-electron chi connectivity index (χ4n) is 4.52. The lowest BCUT2D eigenvalue weighted by atomic mass is 9.73. The van der Waals surface area contributed by atoms with Crippen LogP contribution in [0.15, 0.2) is 12.4 Å². The number of carbonyl (C=O) groups excluding carboxylic acids is 2. The maximum atomic E-state index is 13.0. The molecule has 146 valence electrons. The summed E-state index contributed by atoms with van der Waals surface area (Å²) in [6.07, 6.45) is 9.48. The van der Waals surface area contributed by atoms with E-state index in [-0.39, 0.29) is 17.2 Å². The van der Waals surface area contributed by atoms with Gasteiger partial charge in [-0.3, -0.25) is 9.59 Å². The molecule has 6 heteroatoms. The number of nitrogens with zero attached hydrogens (tertiary/aromatic N) is 4. The average molecular weight is 370 g/mol. The van der Waals surface area contributed by atoms with Gasteiger partial charge in [-0.15, -0.1) is 0 Å². The van der Waals surface area contributed by atoms with Crippen molar-refractivity contribution in [2.24, 2.45) is 11.3 Å². The Bertz CT molecular complexity index is 713. The van der Waals surface area contributed by atoms with Crippen LogP contribution in [-0.4, -0.2) is 57.8 Å². The number of carbonyl (C=O) groups is 2. The minimum absolute atomic E-state index is 0.0232. The van der Waals surface area contributed by atoms with Crippen molar-refractivity contribution in [3.05, 3.63) is 23.8 Å². The van der Waals surface area contributed by atoms with Gasteiger partial charge in [0.1, 0.15) is 5.82 Å². The zero-order valence-corrected chi connectivity index (χ0v) is 16.5. The quantitative estimate of drug-likeness (QED) is 0.817. The molecule has 0 aromatic carbocycles. The van der Waals surface area contributed by atoms with Crippen LogP contribution in [0.3, 0.4) is 0 Å². The van der Waals surface area contributed by atoms with E-state index >= 15 is 0 Å². The van der Waals surface area contributed by atoms with Gasteiger partial charge >= 0.3 is 0 Å². The van der Waals surface area contributed by atoms with Crippen molar-refractivity contribution < 1.29 is 9.59 Å². The molecule has 0 N–H and O–H groups in total. The summed E-state index contributed by atoms with van der Waals surface area (Å²) in [5.41, 5.74) is 0.633. The van der Waals surface area contributed by atoms with Gasteiger partial charge in [-0.05, 0) is 38.0 Å². The molecule has 1 atom stereocenters. The fraction of sp³-hybridized carbons (Fsp3) is 0.714. The van der Waals surface area contributed by atoms with Crippen LogP contribution < -0.4 is 0 Å². The van der Waals surface area contributed by atoms with E-state index in [0.717, 1.165) is 51.3 Å². The molecule has 1 aliphatic carbocycles. The molecule has 2 amide bonds. The summed E-state index contributed by atoms with van der Waals surface area (Å²) < 4.78 is 0. The van der Waals surface area contributed by atoms with Crippen LogP contribution in [0.5, 0.6) is 0 Å². The first-order valence-corrected chi connectivity index (χ1v) is 10.3. The maximum absolute atomic E-state index is 13.0. The first kappa shape index (κ1) is 18.4. The van der Waals surface area contributed by atoms with Crippen LogP contribution in [0, 0.1) is 11.3 Å². The molecule has 1 spiro atoms. The SMILES string of the molecule is CC(C)c1ncc(C(=O)N2CCCC3(CCC(=O)N(CC4CC4)C3)C2)cn1. The third-order valence-corrected chi connectivity index (χ3v) is 6.31. The Hall–Kier alpha value is -1.98. The topological polar surface area (TPSA) is 66.4 Å². The van der Waals surface area contributed by atoms with Crippen LogP contribution in [0.2, 0.25) is 0 Å². The zero-order valence-electron chi connectivity index (χ0n) is 16.5. The van der Waals surface area contributed by atoms with Crippen molar-refractivity contribution in [1.82, 2.24) is 19.8 Å². The van der Waals surface area contributed by atoms with Crippen molar-refractivity contribution >= 4 is 11.8 Å². The number of amides is 2. The predicted octanol–water partition coefficient (Wildman–Crippen LogP) is 2.85. The molecule has 2 saturated heterocycles. The third-order valence-electron chi connectivity index (χ3n) is 6.31. The molecule has 3 heterocycles. The number of likely N-dealkylation sites (tertiary alicyclic amines) is 2. The van der Waals surface area contributed by atoms with Crippen LogP contribution in [0.25, 0.3) is 0 Å². The fourth-order valence-corrected chi connectivity index (χ4v) is 4.52. The first-order valence-electron chi connectivity index (χ1n) is 10.3. The Morgan fingerprint density at radius 3 is 2.63 bits per heavy atom. The standard InChI is InChI=1S/C21H30N4O2/c1-15(2)19-22-10-17(11-23-19)20(27)24-9-3-7-21(13-24)8-6-18(26)25(14-21)12-16-4-5-16/h10-11,15-16H,3-9,12-14H2,1-2H3. The summed E-state index contributed by atoms with van der Waals surface area (Å²) in [6, 6.07) is 0. The molecule has 27 heavy (non-hydrogen) atoms. The van der Waals surface area contributed by atoms with Gasteiger partial charge in [0.05, 0.1) is 5.56 Å². The minimum atomic E-state index is 0.0232. The van der Waals surface area contributed by atoms with Crippen LogP contribution in [-0.2, 0) is 4.79 Å². The van der Waals surface area contributed by atoms with E-state index in [4.69, 9.17) is 0 Å². The molecule has 1 unspecified atom stereocenters. The van der Waals surface area contributed by atoms with Gasteiger partial charge in [-0.1, -0.05) is 13.8 Å². The smallest absolute Gasteiger partial charge is 0.257 e. The first-order chi connectivity index (χ1) is 13.0. The molecule has 3 fully saturated rings. The lowest BCUT2D eigenvalue weighted by Gasteiger charge is -2.48. The molecule has 1 aromatic rings. The summed E-state index contributed by atoms with van der Waals surface area (Å²) in [7, 11) is 0. The lowest BCUT2D eigenvalue weighted by Crippen LogP contribution is -2.55. The summed E-state index contributed by atoms with van der Waals surface area (Å²) in [5, 5.41) is 0. The highest BCUT2D eigenvalue weighted by atomic mass is 16.2. The highest BCUT2D eigenvalue weighted by Crippen LogP contribution is 2.41. The van der Waals surface area contributed by atoms with Crippen molar-refractivity contribution in [1.29, 1.82) is 0 Å². The summed E-state index contributed by atoms with van der Waals surface area (Å²) >= 11 is 0. The lowest BCUT2D eigenvalue weighted by molar-refractivity contribution is -0.139. The molecular formula is C21H30N4O2. The van der Waals surface area contributed by atoms with Crippen molar-refractivity contribution in [2.75, 3.05) is 26.2 Å². The van der Waals surface area contributed by atoms with Crippen LogP contribution in [0.1, 0.15) is 74.5 Å². The number of rotatable bonds is 4. The summed E-state index contributed by atoms with van der Waals surface area (Å²) in [6.45, 7) is 7.34. The predicted molar refractivity (Wildman–Crippen MR) is 102 cm³/mol. The maximum Gasteiger partial charge on any atom is 0.257 e. The van der Waals surface area contributed by atoms with Crippen molar-refractivity contribution in [3.8, 4) is 0 Å². The monoisotopic (exact) mass is 370 g/mol. The molecule has 0 bridgehead atoms. The zero-order chi connectivity index (χ0) is 19.0. The van der Waals surface area contributed by atoms with Crippen molar-refractivity contribution in [3.63, 3.8) is 0 Å². The number of hydrogen-bond acceptors (Lipinski definition) is 4. The van der Waals surface area contributed by atoms with Gasteiger partial charge in [-0.25, -0.2) is 9.97 Å².